The lowest BCUT2D eigenvalue weighted by molar-refractivity contribution is -0.180. The van der Waals surface area contributed by atoms with Gasteiger partial charge >= 0.3 is 6.09 Å². The Labute approximate surface area is 204 Å². The van der Waals surface area contributed by atoms with Gasteiger partial charge in [0.1, 0.15) is 11.2 Å². The van der Waals surface area contributed by atoms with Crippen LogP contribution in [0.4, 0.5) is 4.79 Å². The molecule has 3 heterocycles. The molecule has 0 saturated carbocycles. The Kier molecular flexibility index (Phi) is 6.67. The number of ether oxygens (including phenoxy) is 3. The minimum absolute atomic E-state index is 0.0230. The number of para-hydroxylation sites is 1. The molecule has 3 aliphatic heterocycles. The molecule has 4 rings (SSSR count). The second-order valence-electron chi connectivity index (χ2n) is 11.9. The van der Waals surface area contributed by atoms with Gasteiger partial charge in [-0.15, -0.1) is 0 Å². The number of amides is 1. The largest absolute Gasteiger partial charge is 0.504 e. The van der Waals surface area contributed by atoms with Crippen LogP contribution in [0.5, 0.6) is 11.5 Å². The van der Waals surface area contributed by atoms with Gasteiger partial charge in [-0.3, -0.25) is 0 Å². The number of carbonyl (C=O) groups excluding carboxylic acids is 1. The van der Waals surface area contributed by atoms with E-state index < -0.39 is 11.2 Å². The van der Waals surface area contributed by atoms with Gasteiger partial charge in [-0.25, -0.2) is 4.79 Å². The fourth-order valence-electron chi connectivity index (χ4n) is 5.77. The first kappa shape index (κ1) is 24.9. The Morgan fingerprint density at radius 1 is 1.26 bits per heavy atom. The molecule has 6 heteroatoms. The molecule has 3 atom stereocenters. The van der Waals surface area contributed by atoms with E-state index in [0.29, 0.717) is 25.4 Å². The molecular weight excluding hydrogens is 430 g/mol. The maximum absolute atomic E-state index is 12.6. The highest BCUT2D eigenvalue weighted by atomic mass is 16.6. The van der Waals surface area contributed by atoms with Crippen molar-refractivity contribution in [3.63, 3.8) is 0 Å². The van der Waals surface area contributed by atoms with Crippen LogP contribution in [-0.4, -0.2) is 47.0 Å². The van der Waals surface area contributed by atoms with Crippen molar-refractivity contribution in [3.8, 4) is 11.5 Å². The van der Waals surface area contributed by atoms with Crippen LogP contribution in [0.15, 0.2) is 29.8 Å². The van der Waals surface area contributed by atoms with E-state index in [1.807, 2.05) is 37.8 Å². The third-order valence-corrected chi connectivity index (χ3v) is 7.71. The number of rotatable bonds is 3. The molecule has 0 unspecified atom stereocenters. The van der Waals surface area contributed by atoms with Crippen molar-refractivity contribution in [1.29, 1.82) is 0 Å². The zero-order chi connectivity index (χ0) is 24.7. The summed E-state index contributed by atoms with van der Waals surface area (Å²) in [4.78, 5) is 14.4. The van der Waals surface area contributed by atoms with Crippen molar-refractivity contribution in [2.24, 2.45) is 11.3 Å². The van der Waals surface area contributed by atoms with E-state index in [-0.39, 0.29) is 29.3 Å². The van der Waals surface area contributed by atoms with Crippen LogP contribution >= 0.6 is 0 Å². The van der Waals surface area contributed by atoms with Gasteiger partial charge in [-0.05, 0) is 85.1 Å². The number of aromatic hydroxyl groups is 1. The molecule has 3 aliphatic rings. The van der Waals surface area contributed by atoms with Crippen molar-refractivity contribution < 1.29 is 24.1 Å². The molecule has 34 heavy (non-hydrogen) atoms. The molecule has 0 radical (unpaired) electrons. The summed E-state index contributed by atoms with van der Waals surface area (Å²) < 4.78 is 18.8. The Hall–Kier alpha value is -2.21. The van der Waals surface area contributed by atoms with Crippen LogP contribution in [0.2, 0.25) is 0 Å². The molecular formula is C28H41NO5. The quantitative estimate of drug-likeness (QED) is 0.518. The summed E-state index contributed by atoms with van der Waals surface area (Å²) in [6.45, 7) is 14.1. The number of allylic oxidation sites excluding steroid dienone is 2. The van der Waals surface area contributed by atoms with Crippen LogP contribution in [0.25, 0.3) is 0 Å². The Balaban J connectivity index is 1.54. The predicted octanol–water partition coefficient (Wildman–Crippen LogP) is 6.38. The van der Waals surface area contributed by atoms with E-state index in [4.69, 9.17) is 14.2 Å². The van der Waals surface area contributed by atoms with Gasteiger partial charge in [0, 0.05) is 24.6 Å². The van der Waals surface area contributed by atoms with Crippen molar-refractivity contribution in [2.45, 2.75) is 91.0 Å². The number of piperidine rings is 1. The number of hydrogen-bond acceptors (Lipinski definition) is 5. The summed E-state index contributed by atoms with van der Waals surface area (Å²) in [5.74, 6) is 0.923. The zero-order valence-electron chi connectivity index (χ0n) is 21.6. The second-order valence-corrected chi connectivity index (χ2v) is 11.9. The molecule has 188 valence electrons. The van der Waals surface area contributed by atoms with Gasteiger partial charge in [-0.2, -0.15) is 0 Å². The molecule has 0 aromatic heterocycles. The van der Waals surface area contributed by atoms with Crippen molar-refractivity contribution in [3.05, 3.63) is 35.4 Å². The van der Waals surface area contributed by atoms with Gasteiger partial charge in [0.15, 0.2) is 11.5 Å². The number of likely N-dealkylation sites (tertiary alicyclic amines) is 1. The van der Waals surface area contributed by atoms with Crippen molar-refractivity contribution >= 4 is 6.09 Å². The maximum atomic E-state index is 12.6. The van der Waals surface area contributed by atoms with Crippen LogP contribution in [0.1, 0.15) is 85.3 Å². The van der Waals surface area contributed by atoms with E-state index in [1.165, 1.54) is 5.57 Å². The molecule has 1 spiro atoms. The van der Waals surface area contributed by atoms with Gasteiger partial charge in [-0.1, -0.05) is 23.8 Å². The minimum atomic E-state index is -0.487. The first-order valence-electron chi connectivity index (χ1n) is 12.7. The number of carbonyl (C=O) groups is 1. The molecule has 0 bridgehead atoms. The van der Waals surface area contributed by atoms with E-state index in [0.717, 1.165) is 37.7 Å². The Bertz CT molecular complexity index is 937. The molecule has 1 amide bonds. The number of fused-ring (bicyclic) bond motifs is 3. The average molecular weight is 472 g/mol. The Morgan fingerprint density at radius 2 is 1.97 bits per heavy atom. The standard InChI is InChI=1S/C28H41NO5/c1-19(2)9-8-12-27(6)21-17-28(13-15-29(16-14-28)25(31)34-26(3,4)5)18-32-23(21)20-10-7-11-22(30)24(20)33-27/h7,9-11,21,23,30H,8,12-18H2,1-6H3/t21-,23+,27-/m0/s1. The number of benzene rings is 1. The van der Waals surface area contributed by atoms with E-state index in [9.17, 15) is 9.90 Å². The molecule has 1 aromatic carbocycles. The topological polar surface area (TPSA) is 68.2 Å². The fourth-order valence-corrected chi connectivity index (χ4v) is 5.77. The molecule has 6 nitrogen and oxygen atoms in total. The summed E-state index contributed by atoms with van der Waals surface area (Å²) in [6.07, 6.45) is 6.49. The van der Waals surface area contributed by atoms with Gasteiger partial charge < -0.3 is 24.2 Å². The predicted molar refractivity (Wildman–Crippen MR) is 132 cm³/mol. The second kappa shape index (κ2) is 9.10. The van der Waals surface area contributed by atoms with E-state index in [1.54, 1.807) is 6.07 Å². The van der Waals surface area contributed by atoms with Crippen LogP contribution in [0.3, 0.4) is 0 Å². The number of phenols is 1. The minimum Gasteiger partial charge on any atom is -0.504 e. The van der Waals surface area contributed by atoms with Gasteiger partial charge in [0.2, 0.25) is 0 Å². The first-order chi connectivity index (χ1) is 15.9. The normalized spacial score (nSPS) is 27.9. The van der Waals surface area contributed by atoms with Crippen LogP contribution < -0.4 is 4.74 Å². The van der Waals surface area contributed by atoms with Gasteiger partial charge in [0.05, 0.1) is 12.7 Å². The molecule has 1 N–H and O–H groups in total. The average Bonchev–Trinajstić information content (AvgIpc) is 2.74. The van der Waals surface area contributed by atoms with E-state index in [2.05, 4.69) is 26.8 Å². The first-order valence-corrected chi connectivity index (χ1v) is 12.7. The highest BCUT2D eigenvalue weighted by Gasteiger charge is 2.54. The van der Waals surface area contributed by atoms with Crippen molar-refractivity contribution in [2.75, 3.05) is 19.7 Å². The summed E-state index contributed by atoms with van der Waals surface area (Å²) >= 11 is 0. The highest BCUT2D eigenvalue weighted by Crippen LogP contribution is 2.58. The monoisotopic (exact) mass is 471 g/mol. The molecule has 1 aromatic rings. The highest BCUT2D eigenvalue weighted by molar-refractivity contribution is 5.68. The number of phenolic OH excluding ortho intramolecular Hbond substituents is 1. The fraction of sp³-hybridized carbons (Fsp3) is 0.679. The summed E-state index contributed by atoms with van der Waals surface area (Å²) in [7, 11) is 0. The zero-order valence-corrected chi connectivity index (χ0v) is 21.6. The van der Waals surface area contributed by atoms with Crippen LogP contribution in [-0.2, 0) is 9.47 Å². The molecule has 0 aliphatic carbocycles. The van der Waals surface area contributed by atoms with Gasteiger partial charge in [0.25, 0.3) is 0 Å². The summed E-state index contributed by atoms with van der Waals surface area (Å²) in [6, 6.07) is 5.57. The van der Waals surface area contributed by atoms with Crippen molar-refractivity contribution in [1.82, 2.24) is 4.90 Å². The lowest BCUT2D eigenvalue weighted by atomic mass is 9.63. The maximum Gasteiger partial charge on any atom is 0.410 e. The number of hydrogen-bond donors (Lipinski definition) is 1. The molecule has 2 fully saturated rings. The smallest absolute Gasteiger partial charge is 0.410 e. The van der Waals surface area contributed by atoms with Crippen LogP contribution in [0, 0.1) is 11.3 Å². The van der Waals surface area contributed by atoms with E-state index >= 15 is 0 Å². The Morgan fingerprint density at radius 3 is 2.62 bits per heavy atom. The third-order valence-electron chi connectivity index (χ3n) is 7.71. The SMILES string of the molecule is CC(C)=CCC[C@]1(C)Oc2c(O)cccc2[C@H]2OCC3(CCN(C(=O)OC(C)(C)C)CC3)C[C@@H]21. The number of nitrogens with zero attached hydrogens (tertiary/aromatic N) is 1. The summed E-state index contributed by atoms with van der Waals surface area (Å²) in [5.41, 5.74) is 1.34. The lowest BCUT2D eigenvalue weighted by Crippen LogP contribution is -2.56. The lowest BCUT2D eigenvalue weighted by Gasteiger charge is -2.55. The third kappa shape index (κ3) is 5.07. The summed E-state index contributed by atoms with van der Waals surface area (Å²) in [5, 5.41) is 10.6. The molecule has 2 saturated heterocycles.